The molecule has 1 aromatic carbocycles. The molecule has 0 bridgehead atoms. The monoisotopic (exact) mass is 333 g/mol. The van der Waals surface area contributed by atoms with Crippen LogP contribution >= 0.6 is 15.9 Å². The molecule has 0 radical (unpaired) electrons. The SMILES string of the molecule is CNC(Cc1c(F)ccc(Br)c1F)C1COC(C)C1. The van der Waals surface area contributed by atoms with Crippen molar-refractivity contribution < 1.29 is 13.5 Å². The van der Waals surface area contributed by atoms with Crippen LogP contribution in [-0.2, 0) is 11.2 Å². The first-order chi connectivity index (χ1) is 9.02. The summed E-state index contributed by atoms with van der Waals surface area (Å²) in [5.41, 5.74) is 0.133. The molecular formula is C14H18BrF2NO. The fraction of sp³-hybridized carbons (Fsp3) is 0.571. The van der Waals surface area contributed by atoms with Crippen LogP contribution < -0.4 is 5.32 Å². The number of likely N-dealkylation sites (N-methyl/N-ethyl adjacent to an activating group) is 1. The molecular weight excluding hydrogens is 316 g/mol. The van der Waals surface area contributed by atoms with Gasteiger partial charge in [-0.15, -0.1) is 0 Å². The lowest BCUT2D eigenvalue weighted by Crippen LogP contribution is -2.36. The highest BCUT2D eigenvalue weighted by Gasteiger charge is 2.30. The quantitative estimate of drug-likeness (QED) is 0.854. The predicted octanol–water partition coefficient (Wildman–Crippen LogP) is 3.28. The molecule has 106 valence electrons. The Bertz CT molecular complexity index is 455. The van der Waals surface area contributed by atoms with Gasteiger partial charge in [0.1, 0.15) is 11.6 Å². The maximum atomic E-state index is 14.0. The van der Waals surface area contributed by atoms with Crippen molar-refractivity contribution in [2.45, 2.75) is 31.9 Å². The summed E-state index contributed by atoms with van der Waals surface area (Å²) in [6, 6.07) is 2.70. The number of benzene rings is 1. The Balaban J connectivity index is 2.17. The van der Waals surface area contributed by atoms with E-state index in [0.717, 1.165) is 6.42 Å². The minimum Gasteiger partial charge on any atom is -0.378 e. The first kappa shape index (κ1) is 14.9. The van der Waals surface area contributed by atoms with Gasteiger partial charge < -0.3 is 10.1 Å². The van der Waals surface area contributed by atoms with Gasteiger partial charge in [-0.2, -0.15) is 0 Å². The lowest BCUT2D eigenvalue weighted by molar-refractivity contribution is 0.117. The second-order valence-corrected chi connectivity index (χ2v) is 5.92. The first-order valence-electron chi connectivity index (χ1n) is 6.44. The molecule has 5 heteroatoms. The van der Waals surface area contributed by atoms with Crippen molar-refractivity contribution in [3.63, 3.8) is 0 Å². The largest absolute Gasteiger partial charge is 0.378 e. The lowest BCUT2D eigenvalue weighted by Gasteiger charge is -2.22. The Labute approximate surface area is 120 Å². The number of hydrogen-bond acceptors (Lipinski definition) is 2. The third-order valence-electron chi connectivity index (χ3n) is 3.73. The summed E-state index contributed by atoms with van der Waals surface area (Å²) in [7, 11) is 1.82. The molecule has 1 N–H and O–H groups in total. The molecule has 0 spiro atoms. The van der Waals surface area contributed by atoms with Gasteiger partial charge in [-0.1, -0.05) is 0 Å². The van der Waals surface area contributed by atoms with Gasteiger partial charge in [0.25, 0.3) is 0 Å². The maximum Gasteiger partial charge on any atom is 0.143 e. The Kier molecular flexibility index (Phi) is 4.92. The molecule has 1 aromatic rings. The second kappa shape index (κ2) is 6.29. The van der Waals surface area contributed by atoms with Gasteiger partial charge in [-0.05, 0) is 54.9 Å². The van der Waals surface area contributed by atoms with Crippen LogP contribution in [0.5, 0.6) is 0 Å². The van der Waals surface area contributed by atoms with Gasteiger partial charge in [-0.25, -0.2) is 8.78 Å². The van der Waals surface area contributed by atoms with Gasteiger partial charge in [-0.3, -0.25) is 0 Å². The van der Waals surface area contributed by atoms with E-state index in [9.17, 15) is 8.78 Å². The minimum atomic E-state index is -0.507. The summed E-state index contributed by atoms with van der Waals surface area (Å²) in [6.07, 6.45) is 1.47. The molecule has 1 heterocycles. The van der Waals surface area contributed by atoms with Crippen LogP contribution in [0.1, 0.15) is 18.9 Å². The molecule has 3 atom stereocenters. The van der Waals surface area contributed by atoms with Gasteiger partial charge in [0.2, 0.25) is 0 Å². The van der Waals surface area contributed by atoms with E-state index in [1.807, 2.05) is 14.0 Å². The fourth-order valence-electron chi connectivity index (χ4n) is 2.61. The van der Waals surface area contributed by atoms with E-state index in [1.165, 1.54) is 12.1 Å². The summed E-state index contributed by atoms with van der Waals surface area (Å²) < 4.78 is 33.6. The molecule has 3 unspecified atom stereocenters. The Hall–Kier alpha value is -0.520. The van der Waals surface area contributed by atoms with Crippen LogP contribution in [0.25, 0.3) is 0 Å². The van der Waals surface area contributed by atoms with E-state index < -0.39 is 11.6 Å². The van der Waals surface area contributed by atoms with Crippen LogP contribution in [-0.4, -0.2) is 25.8 Å². The third kappa shape index (κ3) is 3.33. The number of rotatable bonds is 4. The molecule has 0 amide bonds. The summed E-state index contributed by atoms with van der Waals surface area (Å²) in [4.78, 5) is 0. The standard InChI is InChI=1S/C14H18BrF2NO/c1-8-5-9(7-19-8)13(18-2)6-10-12(16)4-3-11(15)14(10)17/h3-4,8-9,13,18H,5-7H2,1-2H3. The molecule has 1 saturated heterocycles. The Morgan fingerprint density at radius 3 is 2.79 bits per heavy atom. The van der Waals surface area contributed by atoms with E-state index in [4.69, 9.17) is 4.74 Å². The second-order valence-electron chi connectivity index (χ2n) is 5.06. The Morgan fingerprint density at radius 2 is 2.21 bits per heavy atom. The minimum absolute atomic E-state index is 0.0169. The molecule has 0 aliphatic carbocycles. The van der Waals surface area contributed by atoms with Gasteiger partial charge in [0.05, 0.1) is 17.2 Å². The zero-order valence-corrected chi connectivity index (χ0v) is 12.6. The van der Waals surface area contributed by atoms with Gasteiger partial charge in [0.15, 0.2) is 0 Å². The van der Waals surface area contributed by atoms with Crippen LogP contribution in [0.4, 0.5) is 8.78 Å². The maximum absolute atomic E-state index is 14.0. The fourth-order valence-corrected chi connectivity index (χ4v) is 2.98. The molecule has 2 nitrogen and oxygen atoms in total. The molecule has 0 aromatic heterocycles. The normalized spacial score (nSPS) is 24.7. The first-order valence-corrected chi connectivity index (χ1v) is 7.23. The van der Waals surface area contributed by atoms with Crippen molar-refractivity contribution in [2.24, 2.45) is 5.92 Å². The summed E-state index contributed by atoms with van der Waals surface area (Å²) in [6.45, 7) is 2.66. The summed E-state index contributed by atoms with van der Waals surface area (Å²) in [5.74, 6) is -0.710. The zero-order chi connectivity index (χ0) is 14.0. The van der Waals surface area contributed by atoms with Crippen molar-refractivity contribution in [3.05, 3.63) is 33.8 Å². The van der Waals surface area contributed by atoms with Gasteiger partial charge >= 0.3 is 0 Å². The van der Waals surface area contributed by atoms with E-state index >= 15 is 0 Å². The average molecular weight is 334 g/mol. The Morgan fingerprint density at radius 1 is 1.47 bits per heavy atom. The van der Waals surface area contributed by atoms with E-state index in [2.05, 4.69) is 21.2 Å². The number of hydrogen-bond donors (Lipinski definition) is 1. The topological polar surface area (TPSA) is 21.3 Å². The lowest BCUT2D eigenvalue weighted by atomic mass is 9.91. The van der Waals surface area contributed by atoms with Crippen molar-refractivity contribution in [2.75, 3.05) is 13.7 Å². The zero-order valence-electron chi connectivity index (χ0n) is 11.1. The predicted molar refractivity (Wildman–Crippen MR) is 74.1 cm³/mol. The molecule has 2 rings (SSSR count). The summed E-state index contributed by atoms with van der Waals surface area (Å²) >= 11 is 3.10. The average Bonchev–Trinajstić information content (AvgIpc) is 2.81. The van der Waals surface area contributed by atoms with Gasteiger partial charge in [0, 0.05) is 17.5 Å². The highest BCUT2D eigenvalue weighted by molar-refractivity contribution is 9.10. The van der Waals surface area contributed by atoms with Crippen molar-refractivity contribution in [1.29, 1.82) is 0 Å². The van der Waals surface area contributed by atoms with Crippen LogP contribution in [0.15, 0.2) is 16.6 Å². The molecule has 1 aliphatic heterocycles. The molecule has 1 aliphatic rings. The molecule has 0 saturated carbocycles. The molecule has 1 fully saturated rings. The van der Waals surface area contributed by atoms with Crippen LogP contribution in [0.2, 0.25) is 0 Å². The van der Waals surface area contributed by atoms with Crippen LogP contribution in [0, 0.1) is 17.6 Å². The highest BCUT2D eigenvalue weighted by atomic mass is 79.9. The van der Waals surface area contributed by atoms with Crippen LogP contribution in [0.3, 0.4) is 0 Å². The third-order valence-corrected chi connectivity index (χ3v) is 4.34. The number of halogens is 3. The highest BCUT2D eigenvalue weighted by Crippen LogP contribution is 2.27. The number of nitrogens with one attached hydrogen (secondary N) is 1. The molecule has 19 heavy (non-hydrogen) atoms. The van der Waals surface area contributed by atoms with E-state index in [0.29, 0.717) is 17.5 Å². The van der Waals surface area contributed by atoms with Crippen molar-refractivity contribution >= 4 is 15.9 Å². The van der Waals surface area contributed by atoms with Crippen molar-refractivity contribution in [3.8, 4) is 0 Å². The van der Waals surface area contributed by atoms with E-state index in [1.54, 1.807) is 0 Å². The number of ether oxygens (including phenoxy) is 1. The van der Waals surface area contributed by atoms with Crippen molar-refractivity contribution in [1.82, 2.24) is 5.32 Å². The summed E-state index contributed by atoms with van der Waals surface area (Å²) in [5, 5.41) is 3.16. The smallest absolute Gasteiger partial charge is 0.143 e. The van der Waals surface area contributed by atoms with E-state index in [-0.39, 0.29) is 23.6 Å².